The van der Waals surface area contributed by atoms with E-state index in [-0.39, 0.29) is 17.3 Å². The topological polar surface area (TPSA) is 175 Å². The Labute approximate surface area is 635 Å². The molecule has 6 aromatic heterocycles. The number of H-pyrrole nitrogens is 2. The molecule has 558 valence electrons. The van der Waals surface area contributed by atoms with Crippen LogP contribution in [-0.4, -0.2) is 71.2 Å². The van der Waals surface area contributed by atoms with Gasteiger partial charge in [0.1, 0.15) is 5.69 Å². The number of nitrogens with zero attached hydrogens (tertiary/aromatic N) is 9. The van der Waals surface area contributed by atoms with Crippen molar-refractivity contribution >= 4 is 28.7 Å². The number of Topliss-reactive ketones (excluding diaryl/α,β-unsaturated/α-hetero) is 3. The molecule has 0 saturated heterocycles. The quantitative estimate of drug-likeness (QED) is 0.0891. The maximum atomic E-state index is 12.7. The Kier molecular flexibility index (Phi) is 61.5. The minimum atomic E-state index is 0.0583. The van der Waals surface area contributed by atoms with Gasteiger partial charge in [-0.25, -0.2) is 19.9 Å². The molecule has 0 amide bonds. The number of ketones is 3. The average Bonchev–Trinajstić information content (AvgIpc) is 1.78. The fourth-order valence-corrected chi connectivity index (χ4v) is 8.70. The van der Waals surface area contributed by atoms with Crippen LogP contribution < -0.4 is 0 Å². The van der Waals surface area contributed by atoms with Crippen molar-refractivity contribution in [3.05, 3.63) is 305 Å². The third-order valence-corrected chi connectivity index (χ3v) is 12.9. The molecule has 15 heteroatoms. The van der Waals surface area contributed by atoms with E-state index in [2.05, 4.69) is 75.6 Å². The highest BCUT2D eigenvalue weighted by atomic mass is 32.1. The molecule has 0 bridgehead atoms. The monoisotopic (exact) mass is 1430 g/mol. The zero-order chi connectivity index (χ0) is 79.4. The molecule has 0 fully saturated rings. The molecule has 0 aliphatic heterocycles. The number of benzene rings is 6. The molecule has 12 aromatic rings. The van der Waals surface area contributed by atoms with Crippen LogP contribution in [0.25, 0.3) is 17.1 Å². The summed E-state index contributed by atoms with van der Waals surface area (Å²) in [5.41, 5.74) is 13.5. The summed E-state index contributed by atoms with van der Waals surface area (Å²) in [6.07, 6.45) is 25.4. The Morgan fingerprint density at radius 1 is 0.362 bits per heavy atom. The smallest absolute Gasteiger partial charge is 0.167 e. The number of aromatic amines is 2. The second kappa shape index (κ2) is 66.0. The number of thiazole rings is 1. The molecular formula is C90H119N11O3S. The van der Waals surface area contributed by atoms with Gasteiger partial charge < -0.3 is 18.7 Å². The summed E-state index contributed by atoms with van der Waals surface area (Å²) in [5.74, 6) is 18.5. The lowest BCUT2D eigenvalue weighted by Gasteiger charge is -2.06. The summed E-state index contributed by atoms with van der Waals surface area (Å²) >= 11 is 1.50. The summed E-state index contributed by atoms with van der Waals surface area (Å²) in [6, 6.07) is 46.0. The van der Waals surface area contributed by atoms with E-state index in [4.69, 9.17) is 0 Å². The summed E-state index contributed by atoms with van der Waals surface area (Å²) in [5, 5.41) is 6.59. The van der Waals surface area contributed by atoms with Crippen LogP contribution in [0.1, 0.15) is 247 Å². The van der Waals surface area contributed by atoms with Crippen LogP contribution in [0.15, 0.2) is 238 Å². The van der Waals surface area contributed by atoms with Crippen molar-refractivity contribution in [1.82, 2.24) is 53.8 Å². The predicted molar refractivity (Wildman–Crippen MR) is 448 cm³/mol. The number of nitrogens with one attached hydrogen (secondary N) is 2. The minimum Gasteiger partial charge on any atom is -0.338 e. The minimum absolute atomic E-state index is 0.0583. The molecule has 0 aliphatic carbocycles. The maximum absolute atomic E-state index is 12.7. The first-order valence-electron chi connectivity index (χ1n) is 37.4. The standard InChI is InChI=1S/2C22H16N4O.C22H15N3OS.12C2H6/c27-22(13-18-4-2-6-21(12-18)26-10-9-23-16-26)20-5-1-3-17(11-20)7-8-19-14-24-25-15-19;27-22(13-18-4-2-6-21(12-18)26-10-9-23-16-26)19-5-1-3-17(11-19)7-8-20-14-24-15-25-20;26-22(13-18-4-2-6-20(12-18)25-10-9-23-15-25)19-5-1-3-17(11-19)7-8-21-14-24-16-27-21;12*1-2/h2*1-6,9-12,14-16H,13H2,(H,24,25);1-6,9-12,14-16H,13H2;12*1-2H3. The molecule has 12 rings (SSSR count). The van der Waals surface area contributed by atoms with E-state index in [1.807, 2.05) is 344 Å². The number of hydrogen-bond acceptors (Lipinski definition) is 10. The lowest BCUT2D eigenvalue weighted by molar-refractivity contribution is 0.0984. The Hall–Kier alpha value is -11.3. The van der Waals surface area contributed by atoms with E-state index in [0.29, 0.717) is 36.0 Å². The number of aromatic nitrogens is 11. The highest BCUT2D eigenvalue weighted by molar-refractivity contribution is 7.10. The average molecular weight is 1440 g/mol. The van der Waals surface area contributed by atoms with Gasteiger partial charge in [-0.1, -0.05) is 263 Å². The fraction of sp³-hybridized carbons (Fsp3) is 0.300. The molecule has 0 saturated carbocycles. The fourth-order valence-electron chi connectivity index (χ4n) is 8.23. The molecule has 0 atom stereocenters. The number of hydrogen-bond donors (Lipinski definition) is 2. The van der Waals surface area contributed by atoms with Crippen molar-refractivity contribution in [3.63, 3.8) is 0 Å². The normalized spacial score (nSPS) is 8.57. The van der Waals surface area contributed by atoms with Gasteiger partial charge in [-0.2, -0.15) is 5.10 Å². The van der Waals surface area contributed by atoms with Gasteiger partial charge in [-0.05, 0) is 101 Å². The molecule has 6 heterocycles. The highest BCUT2D eigenvalue weighted by Gasteiger charge is 2.12. The van der Waals surface area contributed by atoms with Crippen molar-refractivity contribution in [3.8, 4) is 52.6 Å². The third kappa shape index (κ3) is 38.0. The van der Waals surface area contributed by atoms with Crippen molar-refractivity contribution in [1.29, 1.82) is 0 Å². The second-order valence-corrected chi connectivity index (χ2v) is 18.9. The van der Waals surface area contributed by atoms with E-state index < -0.39 is 0 Å². The van der Waals surface area contributed by atoms with Gasteiger partial charge in [0.25, 0.3) is 0 Å². The van der Waals surface area contributed by atoms with E-state index in [1.54, 1.807) is 74.2 Å². The van der Waals surface area contributed by atoms with Crippen LogP contribution in [0.3, 0.4) is 0 Å². The molecule has 0 radical (unpaired) electrons. The first kappa shape index (κ1) is 97.9. The van der Waals surface area contributed by atoms with Gasteiger partial charge in [-0.15, -0.1) is 11.3 Å². The molecule has 0 unspecified atom stereocenters. The van der Waals surface area contributed by atoms with Crippen molar-refractivity contribution in [2.45, 2.75) is 185 Å². The third-order valence-electron chi connectivity index (χ3n) is 12.2. The number of rotatable bonds is 12. The number of imidazole rings is 4. The van der Waals surface area contributed by atoms with Gasteiger partial charge in [0, 0.05) is 113 Å². The van der Waals surface area contributed by atoms with Crippen LogP contribution in [-0.2, 0) is 19.3 Å². The SMILES string of the molecule is CC.CC.CC.CC.CC.CC.CC.CC.CC.CC.CC.CC.O=C(Cc1cccc(-n2ccnc2)c1)c1cccc(C#Cc2cn[nH]c2)c1.O=C(Cc1cccc(-n2ccnc2)c1)c1cccc(C#Cc2cnc[nH]2)c1.O=C(Cc1cccc(-n2ccnc2)c1)c1cccc(C#Cc2cncs2)c1. The molecule has 14 nitrogen and oxygen atoms in total. The predicted octanol–water partition coefficient (Wildman–Crippen LogP) is 23.3. The molecule has 105 heavy (non-hydrogen) atoms. The lowest BCUT2D eigenvalue weighted by atomic mass is 10.0. The number of carbonyl (C=O) groups is 3. The lowest BCUT2D eigenvalue weighted by Crippen LogP contribution is -2.04. The van der Waals surface area contributed by atoms with Crippen LogP contribution in [0.4, 0.5) is 0 Å². The van der Waals surface area contributed by atoms with E-state index in [0.717, 1.165) is 66.6 Å². The van der Waals surface area contributed by atoms with Crippen molar-refractivity contribution in [2.75, 3.05) is 0 Å². The molecule has 0 aliphatic rings. The zero-order valence-corrected chi connectivity index (χ0v) is 68.1. The first-order valence-corrected chi connectivity index (χ1v) is 38.2. The molecule has 6 aromatic carbocycles. The summed E-state index contributed by atoms with van der Waals surface area (Å²) in [7, 11) is 0. The number of carbonyl (C=O) groups excluding carboxylic acids is 3. The van der Waals surface area contributed by atoms with Crippen LogP contribution in [0, 0.1) is 35.5 Å². The van der Waals surface area contributed by atoms with Gasteiger partial charge in [0.05, 0.1) is 59.9 Å². The van der Waals surface area contributed by atoms with Crippen LogP contribution in [0.2, 0.25) is 0 Å². The van der Waals surface area contributed by atoms with E-state index >= 15 is 0 Å². The van der Waals surface area contributed by atoms with Crippen LogP contribution in [0.5, 0.6) is 0 Å². The summed E-state index contributed by atoms with van der Waals surface area (Å²) in [6.45, 7) is 48.0. The Morgan fingerprint density at radius 2 is 0.705 bits per heavy atom. The highest BCUT2D eigenvalue weighted by Crippen LogP contribution is 2.18. The Morgan fingerprint density at radius 3 is 1.01 bits per heavy atom. The van der Waals surface area contributed by atoms with Crippen molar-refractivity contribution < 1.29 is 14.4 Å². The molecule has 0 spiro atoms. The van der Waals surface area contributed by atoms with E-state index in [9.17, 15) is 14.4 Å². The summed E-state index contributed by atoms with van der Waals surface area (Å²) < 4.78 is 5.75. The summed E-state index contributed by atoms with van der Waals surface area (Å²) in [4.78, 5) is 62.1. The van der Waals surface area contributed by atoms with Gasteiger partial charge in [0.15, 0.2) is 17.3 Å². The second-order valence-electron chi connectivity index (χ2n) is 18.0. The zero-order valence-electron chi connectivity index (χ0n) is 67.3. The van der Waals surface area contributed by atoms with E-state index in [1.165, 1.54) is 11.3 Å². The maximum Gasteiger partial charge on any atom is 0.167 e. The van der Waals surface area contributed by atoms with Crippen molar-refractivity contribution in [2.24, 2.45) is 0 Å². The van der Waals surface area contributed by atoms with Gasteiger partial charge >= 0.3 is 0 Å². The molecular weight excluding hydrogens is 1320 g/mol. The van der Waals surface area contributed by atoms with Crippen LogP contribution >= 0.6 is 11.3 Å². The molecule has 2 N–H and O–H groups in total. The largest absolute Gasteiger partial charge is 0.338 e. The Balaban J connectivity index is -0.00000130. The Bertz CT molecular complexity index is 3800. The first-order chi connectivity index (χ1) is 51.8. The van der Waals surface area contributed by atoms with Gasteiger partial charge in [-0.3, -0.25) is 24.5 Å². The van der Waals surface area contributed by atoms with Gasteiger partial charge in [0.2, 0.25) is 0 Å².